The van der Waals surface area contributed by atoms with Gasteiger partial charge in [0.15, 0.2) is 0 Å². The van der Waals surface area contributed by atoms with Gasteiger partial charge in [-0.1, -0.05) is 6.07 Å². The molecule has 0 saturated heterocycles. The lowest BCUT2D eigenvalue weighted by molar-refractivity contribution is 0.0955. The number of phenolic OH excluding ortho intramolecular Hbond substituents is 1. The molecule has 0 atom stereocenters. The predicted molar refractivity (Wildman–Crippen MR) is 83.5 cm³/mol. The lowest BCUT2D eigenvalue weighted by Gasteiger charge is -2.05. The Labute approximate surface area is 123 Å². The van der Waals surface area contributed by atoms with Crippen LogP contribution in [0.1, 0.15) is 27.0 Å². The third kappa shape index (κ3) is 3.60. The van der Waals surface area contributed by atoms with E-state index >= 15 is 0 Å². The normalized spacial score (nSPS) is 10.8. The van der Waals surface area contributed by atoms with Crippen molar-refractivity contribution in [2.75, 3.05) is 5.73 Å². The Kier molecular flexibility index (Phi) is 4.23. The largest absolute Gasteiger partial charge is 0.507 e. The molecule has 0 unspecified atom stereocenters. The third-order valence-electron chi connectivity index (χ3n) is 3.02. The van der Waals surface area contributed by atoms with Gasteiger partial charge in [0.05, 0.1) is 6.21 Å². The summed E-state index contributed by atoms with van der Waals surface area (Å²) in [6.07, 6.45) is 1.42. The first-order chi connectivity index (χ1) is 9.97. The summed E-state index contributed by atoms with van der Waals surface area (Å²) in [6, 6.07) is 10.2. The van der Waals surface area contributed by atoms with Crippen LogP contribution in [0.15, 0.2) is 41.5 Å². The molecule has 0 aliphatic rings. The van der Waals surface area contributed by atoms with Gasteiger partial charge in [-0.25, -0.2) is 5.43 Å². The summed E-state index contributed by atoms with van der Waals surface area (Å²) in [7, 11) is 0. The number of rotatable bonds is 3. The number of hydrogen-bond acceptors (Lipinski definition) is 4. The highest BCUT2D eigenvalue weighted by molar-refractivity contribution is 5.95. The minimum absolute atomic E-state index is 0.158. The molecule has 4 N–H and O–H groups in total. The highest BCUT2D eigenvalue weighted by Gasteiger charge is 2.05. The number of nitrogen functional groups attached to an aromatic ring is 1. The molecule has 5 nitrogen and oxygen atoms in total. The fourth-order valence-electron chi connectivity index (χ4n) is 1.95. The Balaban J connectivity index is 2.09. The third-order valence-corrected chi connectivity index (χ3v) is 3.02. The van der Waals surface area contributed by atoms with Crippen molar-refractivity contribution in [2.24, 2.45) is 5.10 Å². The average Bonchev–Trinajstić information content (AvgIpc) is 2.44. The summed E-state index contributed by atoms with van der Waals surface area (Å²) in [5.74, 6) is -0.179. The Morgan fingerprint density at radius 2 is 1.90 bits per heavy atom. The van der Waals surface area contributed by atoms with Gasteiger partial charge in [-0.3, -0.25) is 4.79 Å². The number of carbonyl (C=O) groups excluding carboxylic acids is 1. The van der Waals surface area contributed by atoms with E-state index in [1.54, 1.807) is 30.3 Å². The maximum atomic E-state index is 11.8. The quantitative estimate of drug-likeness (QED) is 0.459. The molecule has 2 aromatic rings. The first-order valence-electron chi connectivity index (χ1n) is 6.46. The molecule has 0 aliphatic heterocycles. The summed E-state index contributed by atoms with van der Waals surface area (Å²) in [5, 5.41) is 13.8. The number of anilines is 1. The van der Waals surface area contributed by atoms with E-state index in [0.717, 1.165) is 11.1 Å². The number of nitrogens with zero attached hydrogens (tertiary/aromatic N) is 1. The molecule has 0 spiro atoms. The first kappa shape index (κ1) is 14.6. The standard InChI is InChI=1S/C16H17N3O2/c1-10-7-11(2)15(20)13(8-10)9-18-19-16(21)12-3-5-14(17)6-4-12/h3-9,20H,17H2,1-2H3,(H,19,21)/b18-9+. The van der Waals surface area contributed by atoms with Crippen LogP contribution in [0.2, 0.25) is 0 Å². The zero-order chi connectivity index (χ0) is 15.4. The van der Waals surface area contributed by atoms with Crippen molar-refractivity contribution in [1.82, 2.24) is 5.43 Å². The zero-order valence-corrected chi connectivity index (χ0v) is 11.9. The summed E-state index contributed by atoms with van der Waals surface area (Å²) in [6.45, 7) is 3.74. The van der Waals surface area contributed by atoms with Crippen molar-refractivity contribution in [2.45, 2.75) is 13.8 Å². The van der Waals surface area contributed by atoms with E-state index in [0.29, 0.717) is 16.8 Å². The van der Waals surface area contributed by atoms with Gasteiger partial charge in [-0.15, -0.1) is 0 Å². The molecule has 5 heteroatoms. The Bertz CT molecular complexity index is 691. The lowest BCUT2D eigenvalue weighted by atomic mass is 10.1. The number of aromatic hydroxyl groups is 1. The number of hydrogen-bond donors (Lipinski definition) is 3. The number of benzene rings is 2. The van der Waals surface area contributed by atoms with Crippen LogP contribution in [0.5, 0.6) is 5.75 Å². The maximum absolute atomic E-state index is 11.8. The van der Waals surface area contributed by atoms with Crippen LogP contribution < -0.4 is 11.2 Å². The highest BCUT2D eigenvalue weighted by Crippen LogP contribution is 2.21. The van der Waals surface area contributed by atoms with Crippen LogP contribution in [-0.2, 0) is 0 Å². The Hall–Kier alpha value is -2.82. The van der Waals surface area contributed by atoms with Crippen LogP contribution in [-0.4, -0.2) is 17.2 Å². The fraction of sp³-hybridized carbons (Fsp3) is 0.125. The molecule has 0 radical (unpaired) electrons. The predicted octanol–water partition coefficient (Wildman–Crippen LogP) is 2.36. The van der Waals surface area contributed by atoms with Gasteiger partial charge in [-0.05, 0) is 55.3 Å². The summed E-state index contributed by atoms with van der Waals surface area (Å²) >= 11 is 0. The molecule has 21 heavy (non-hydrogen) atoms. The first-order valence-corrected chi connectivity index (χ1v) is 6.46. The van der Waals surface area contributed by atoms with E-state index in [1.165, 1.54) is 6.21 Å². The molecule has 0 aromatic heterocycles. The molecular formula is C16H17N3O2. The second-order valence-electron chi connectivity index (χ2n) is 4.84. The second-order valence-corrected chi connectivity index (χ2v) is 4.84. The van der Waals surface area contributed by atoms with E-state index in [1.807, 2.05) is 19.9 Å². The summed E-state index contributed by atoms with van der Waals surface area (Å²) in [4.78, 5) is 11.8. The van der Waals surface area contributed by atoms with Gasteiger partial charge in [0.25, 0.3) is 5.91 Å². The van der Waals surface area contributed by atoms with Crippen molar-refractivity contribution in [1.29, 1.82) is 0 Å². The van der Waals surface area contributed by atoms with Gasteiger partial charge < -0.3 is 10.8 Å². The van der Waals surface area contributed by atoms with Gasteiger partial charge in [0, 0.05) is 16.8 Å². The van der Waals surface area contributed by atoms with Crippen LogP contribution in [0.3, 0.4) is 0 Å². The summed E-state index contributed by atoms with van der Waals surface area (Å²) < 4.78 is 0. The van der Waals surface area contributed by atoms with E-state index in [4.69, 9.17) is 5.73 Å². The molecule has 0 aliphatic carbocycles. The van der Waals surface area contributed by atoms with Gasteiger partial charge >= 0.3 is 0 Å². The zero-order valence-electron chi connectivity index (χ0n) is 11.9. The van der Waals surface area contributed by atoms with Crippen LogP contribution >= 0.6 is 0 Å². The smallest absolute Gasteiger partial charge is 0.271 e. The number of hydrazone groups is 1. The van der Waals surface area contributed by atoms with Crippen molar-refractivity contribution >= 4 is 17.8 Å². The Morgan fingerprint density at radius 3 is 2.57 bits per heavy atom. The number of amides is 1. The van der Waals surface area contributed by atoms with Crippen molar-refractivity contribution in [3.05, 3.63) is 58.7 Å². The van der Waals surface area contributed by atoms with Crippen LogP contribution in [0.25, 0.3) is 0 Å². The van der Waals surface area contributed by atoms with Crippen LogP contribution in [0, 0.1) is 13.8 Å². The minimum Gasteiger partial charge on any atom is -0.507 e. The fourth-order valence-corrected chi connectivity index (χ4v) is 1.95. The van der Waals surface area contributed by atoms with E-state index in [2.05, 4.69) is 10.5 Å². The van der Waals surface area contributed by atoms with Crippen molar-refractivity contribution in [3.8, 4) is 5.75 Å². The molecule has 108 valence electrons. The summed E-state index contributed by atoms with van der Waals surface area (Å²) in [5.41, 5.74) is 11.4. The average molecular weight is 283 g/mol. The van der Waals surface area contributed by atoms with Gasteiger partial charge in [0.1, 0.15) is 5.75 Å². The maximum Gasteiger partial charge on any atom is 0.271 e. The monoisotopic (exact) mass is 283 g/mol. The lowest BCUT2D eigenvalue weighted by Crippen LogP contribution is -2.17. The highest BCUT2D eigenvalue weighted by atomic mass is 16.3. The number of phenols is 1. The SMILES string of the molecule is Cc1cc(C)c(O)c(/C=N/NC(=O)c2ccc(N)cc2)c1. The van der Waals surface area contributed by atoms with Crippen LogP contribution in [0.4, 0.5) is 5.69 Å². The molecule has 0 bridgehead atoms. The molecule has 2 rings (SSSR count). The van der Waals surface area contributed by atoms with E-state index < -0.39 is 0 Å². The van der Waals surface area contributed by atoms with Gasteiger partial charge in [0.2, 0.25) is 0 Å². The Morgan fingerprint density at radius 1 is 1.24 bits per heavy atom. The topological polar surface area (TPSA) is 87.7 Å². The molecule has 2 aromatic carbocycles. The molecule has 0 saturated carbocycles. The van der Waals surface area contributed by atoms with Crippen molar-refractivity contribution in [3.63, 3.8) is 0 Å². The molecule has 1 amide bonds. The molecular weight excluding hydrogens is 266 g/mol. The number of carbonyl (C=O) groups is 1. The van der Waals surface area contributed by atoms with Crippen molar-refractivity contribution < 1.29 is 9.90 Å². The number of nitrogens with one attached hydrogen (secondary N) is 1. The molecule has 0 fully saturated rings. The number of aryl methyl sites for hydroxylation is 2. The van der Waals surface area contributed by atoms with E-state index in [9.17, 15) is 9.90 Å². The van der Waals surface area contributed by atoms with E-state index in [-0.39, 0.29) is 11.7 Å². The number of nitrogens with two attached hydrogens (primary N) is 1. The van der Waals surface area contributed by atoms with Gasteiger partial charge in [-0.2, -0.15) is 5.10 Å². The minimum atomic E-state index is -0.338. The molecule has 0 heterocycles. The second kappa shape index (κ2) is 6.09.